The molecule has 116 valence electrons. The van der Waals surface area contributed by atoms with Crippen LogP contribution < -0.4 is 0 Å². The first kappa shape index (κ1) is 14.6. The van der Waals surface area contributed by atoms with Crippen molar-refractivity contribution in [2.75, 3.05) is 7.11 Å². The maximum atomic E-state index is 13.0. The molecule has 1 aromatic carbocycles. The number of benzene rings is 1. The van der Waals surface area contributed by atoms with Crippen molar-refractivity contribution in [3.63, 3.8) is 0 Å². The van der Waals surface area contributed by atoms with Crippen LogP contribution in [-0.4, -0.2) is 38.8 Å². The largest absolute Gasteiger partial charge is 0.463 e. The Bertz CT molecular complexity index is 652. The molecular weight excluding hydrogens is 287 g/mol. The number of carbonyl (C=O) groups excluding carboxylic acids is 1. The fourth-order valence-corrected chi connectivity index (χ4v) is 2.29. The summed E-state index contributed by atoms with van der Waals surface area (Å²) in [7, 11) is 1.30. The van der Waals surface area contributed by atoms with Crippen molar-refractivity contribution in [2.24, 2.45) is 0 Å². The van der Waals surface area contributed by atoms with E-state index >= 15 is 0 Å². The normalized spacial score (nSPS) is 14.3. The number of methoxy groups -OCH3 is 1. The lowest BCUT2D eigenvalue weighted by atomic mass is 10.2. The highest BCUT2D eigenvalue weighted by atomic mass is 19.1. The van der Waals surface area contributed by atoms with Crippen LogP contribution in [0.15, 0.2) is 30.6 Å². The van der Waals surface area contributed by atoms with Gasteiger partial charge in [-0.3, -0.25) is 4.90 Å². The van der Waals surface area contributed by atoms with Gasteiger partial charge in [0.1, 0.15) is 12.1 Å². The quantitative estimate of drug-likeness (QED) is 0.762. The Kier molecular flexibility index (Phi) is 4.15. The molecule has 7 heteroatoms. The second-order valence-corrected chi connectivity index (χ2v) is 5.35. The van der Waals surface area contributed by atoms with Crippen LogP contribution in [0.25, 0.3) is 0 Å². The molecule has 2 aromatic rings. The predicted molar refractivity (Wildman–Crippen MR) is 76.3 cm³/mol. The Morgan fingerprint density at radius 1 is 1.41 bits per heavy atom. The summed E-state index contributed by atoms with van der Waals surface area (Å²) in [6, 6.07) is 6.99. The van der Waals surface area contributed by atoms with Gasteiger partial charge < -0.3 is 4.74 Å². The van der Waals surface area contributed by atoms with Gasteiger partial charge in [0.15, 0.2) is 0 Å². The van der Waals surface area contributed by atoms with Crippen LogP contribution >= 0.6 is 0 Å². The third-order valence-corrected chi connectivity index (χ3v) is 3.59. The number of esters is 1. The minimum atomic E-state index is -0.546. The van der Waals surface area contributed by atoms with Crippen molar-refractivity contribution in [1.82, 2.24) is 19.7 Å². The van der Waals surface area contributed by atoms with E-state index in [0.29, 0.717) is 19.3 Å². The monoisotopic (exact) mass is 304 g/mol. The van der Waals surface area contributed by atoms with Crippen LogP contribution in [0.3, 0.4) is 0 Å². The summed E-state index contributed by atoms with van der Waals surface area (Å²) < 4.78 is 19.2. The number of aromatic nitrogens is 3. The molecule has 0 radical (unpaired) electrons. The highest BCUT2D eigenvalue weighted by molar-refractivity contribution is 5.84. The van der Waals surface area contributed by atoms with E-state index in [4.69, 9.17) is 0 Å². The molecule has 0 bridgehead atoms. The highest BCUT2D eigenvalue weighted by Gasteiger charge is 2.29. The van der Waals surface area contributed by atoms with Crippen LogP contribution in [0.5, 0.6) is 0 Å². The van der Waals surface area contributed by atoms with E-state index in [2.05, 4.69) is 19.7 Å². The first-order valence-electron chi connectivity index (χ1n) is 7.12. The van der Waals surface area contributed by atoms with E-state index < -0.39 is 5.97 Å². The number of hydrogen-bond acceptors (Lipinski definition) is 5. The molecule has 1 heterocycles. The van der Waals surface area contributed by atoms with Crippen LogP contribution in [0, 0.1) is 5.82 Å². The number of rotatable bonds is 6. The van der Waals surface area contributed by atoms with Crippen molar-refractivity contribution < 1.29 is 13.9 Å². The van der Waals surface area contributed by atoms with Gasteiger partial charge in [0.2, 0.25) is 0 Å². The predicted octanol–water partition coefficient (Wildman–Crippen LogP) is 1.83. The van der Waals surface area contributed by atoms with Crippen LogP contribution in [0.4, 0.5) is 4.39 Å². The van der Waals surface area contributed by atoms with Gasteiger partial charge in [0.25, 0.3) is 5.82 Å². The Balaban J connectivity index is 1.68. The molecule has 0 amide bonds. The zero-order valence-electron chi connectivity index (χ0n) is 12.3. The van der Waals surface area contributed by atoms with E-state index in [1.165, 1.54) is 25.6 Å². The van der Waals surface area contributed by atoms with Crippen molar-refractivity contribution in [3.8, 4) is 0 Å². The molecular formula is C15H17FN4O2. The minimum Gasteiger partial charge on any atom is -0.463 e. The van der Waals surface area contributed by atoms with E-state index in [0.717, 1.165) is 18.4 Å². The first-order valence-corrected chi connectivity index (χ1v) is 7.12. The van der Waals surface area contributed by atoms with Gasteiger partial charge >= 0.3 is 5.97 Å². The van der Waals surface area contributed by atoms with Gasteiger partial charge in [-0.15, -0.1) is 5.10 Å². The van der Waals surface area contributed by atoms with Crippen molar-refractivity contribution in [1.29, 1.82) is 0 Å². The molecule has 0 N–H and O–H groups in total. The Morgan fingerprint density at radius 2 is 2.14 bits per heavy atom. The summed E-state index contributed by atoms with van der Waals surface area (Å²) in [5.74, 6) is -0.726. The Hall–Kier alpha value is -2.28. The number of ether oxygens (including phenoxy) is 1. The summed E-state index contributed by atoms with van der Waals surface area (Å²) in [5.41, 5.74) is 1.04. The first-order chi connectivity index (χ1) is 10.7. The Morgan fingerprint density at radius 3 is 2.77 bits per heavy atom. The summed E-state index contributed by atoms with van der Waals surface area (Å²) in [4.78, 5) is 17.6. The van der Waals surface area contributed by atoms with Gasteiger partial charge in [-0.1, -0.05) is 12.1 Å². The SMILES string of the molecule is COC(=O)c1ncn(CN(Cc2ccc(F)cc2)C2CC2)n1. The standard InChI is InChI=1S/C15H17FN4O2/c1-22-15(21)14-17-9-20(18-14)10-19(13-6-7-13)8-11-2-4-12(16)5-3-11/h2-5,9,13H,6-8,10H2,1H3. The summed E-state index contributed by atoms with van der Waals surface area (Å²) in [6.45, 7) is 1.24. The molecule has 1 aromatic heterocycles. The second-order valence-electron chi connectivity index (χ2n) is 5.35. The summed E-state index contributed by atoms with van der Waals surface area (Å²) in [6.07, 6.45) is 3.80. The number of halogens is 1. The molecule has 22 heavy (non-hydrogen) atoms. The number of nitrogens with zero attached hydrogens (tertiary/aromatic N) is 4. The molecule has 0 spiro atoms. The lowest BCUT2D eigenvalue weighted by Crippen LogP contribution is -2.28. The third kappa shape index (κ3) is 3.48. The van der Waals surface area contributed by atoms with Gasteiger partial charge in [-0.2, -0.15) is 0 Å². The average Bonchev–Trinajstić information content (AvgIpc) is 3.27. The molecule has 3 rings (SSSR count). The number of hydrogen-bond donors (Lipinski definition) is 0. The maximum absolute atomic E-state index is 13.0. The average molecular weight is 304 g/mol. The molecule has 1 aliphatic rings. The van der Waals surface area contributed by atoms with Gasteiger partial charge in [-0.25, -0.2) is 18.9 Å². The number of carbonyl (C=O) groups is 1. The summed E-state index contributed by atoms with van der Waals surface area (Å²) in [5, 5.41) is 4.12. The molecule has 0 aliphatic heterocycles. The van der Waals surface area contributed by atoms with E-state index in [-0.39, 0.29) is 11.6 Å². The molecule has 0 unspecified atom stereocenters. The zero-order valence-corrected chi connectivity index (χ0v) is 12.3. The summed E-state index contributed by atoms with van der Waals surface area (Å²) >= 11 is 0. The molecule has 0 atom stereocenters. The topological polar surface area (TPSA) is 60.2 Å². The fourth-order valence-electron chi connectivity index (χ4n) is 2.29. The second kappa shape index (κ2) is 6.23. The van der Waals surface area contributed by atoms with Crippen molar-refractivity contribution in [2.45, 2.75) is 32.1 Å². The van der Waals surface area contributed by atoms with E-state index in [1.807, 2.05) is 0 Å². The lowest BCUT2D eigenvalue weighted by molar-refractivity contribution is 0.0585. The lowest BCUT2D eigenvalue weighted by Gasteiger charge is -2.21. The van der Waals surface area contributed by atoms with E-state index in [1.54, 1.807) is 16.8 Å². The van der Waals surface area contributed by atoms with Crippen molar-refractivity contribution in [3.05, 3.63) is 47.8 Å². The Labute approximate surface area is 127 Å². The highest BCUT2D eigenvalue weighted by Crippen LogP contribution is 2.28. The molecule has 1 fully saturated rings. The molecule has 0 saturated heterocycles. The molecule has 1 aliphatic carbocycles. The smallest absolute Gasteiger partial charge is 0.377 e. The van der Waals surface area contributed by atoms with Crippen LogP contribution in [0.2, 0.25) is 0 Å². The van der Waals surface area contributed by atoms with Gasteiger partial charge in [-0.05, 0) is 30.5 Å². The van der Waals surface area contributed by atoms with Gasteiger partial charge in [0.05, 0.1) is 13.8 Å². The fraction of sp³-hybridized carbons (Fsp3) is 0.400. The van der Waals surface area contributed by atoms with Crippen LogP contribution in [0.1, 0.15) is 29.0 Å². The zero-order chi connectivity index (χ0) is 15.5. The van der Waals surface area contributed by atoms with E-state index in [9.17, 15) is 9.18 Å². The van der Waals surface area contributed by atoms with Crippen molar-refractivity contribution >= 4 is 5.97 Å². The van der Waals surface area contributed by atoms with Crippen LogP contribution in [-0.2, 0) is 18.0 Å². The van der Waals surface area contributed by atoms with Gasteiger partial charge in [0, 0.05) is 12.6 Å². The minimum absolute atomic E-state index is 0.0556. The maximum Gasteiger partial charge on any atom is 0.377 e. The molecule has 6 nitrogen and oxygen atoms in total. The third-order valence-electron chi connectivity index (χ3n) is 3.59. The molecule has 1 saturated carbocycles.